The molecule has 0 unspecified atom stereocenters. The highest BCUT2D eigenvalue weighted by molar-refractivity contribution is 5.92. The van der Waals surface area contributed by atoms with Crippen LogP contribution >= 0.6 is 0 Å². The van der Waals surface area contributed by atoms with Crippen molar-refractivity contribution in [2.24, 2.45) is 0 Å². The second-order valence-corrected chi connectivity index (χ2v) is 7.89. The molecule has 11 heteroatoms. The van der Waals surface area contributed by atoms with Crippen LogP contribution in [0.3, 0.4) is 0 Å². The molecule has 0 aliphatic carbocycles. The van der Waals surface area contributed by atoms with Gasteiger partial charge in [-0.1, -0.05) is 44.0 Å². The van der Waals surface area contributed by atoms with Crippen LogP contribution in [0.25, 0.3) is 11.1 Å². The summed E-state index contributed by atoms with van der Waals surface area (Å²) < 4.78 is 36.0. The molecule has 0 radical (unpaired) electrons. The fourth-order valence-corrected chi connectivity index (χ4v) is 3.13. The molecule has 0 bridgehead atoms. The Labute approximate surface area is 241 Å². The average molecular weight is 575 g/mol. The summed E-state index contributed by atoms with van der Waals surface area (Å²) in [4.78, 5) is 46.5. The van der Waals surface area contributed by atoms with Crippen molar-refractivity contribution in [1.29, 1.82) is 0 Å². The minimum Gasteiger partial charge on any atom is -0.457 e. The first kappa shape index (κ1) is 30.7. The molecule has 0 saturated heterocycles. The maximum absolute atomic E-state index is 12.8. The number of hydrogen-bond donors (Lipinski definition) is 0. The van der Waals surface area contributed by atoms with Gasteiger partial charge in [-0.2, -0.15) is 0 Å². The average Bonchev–Trinajstić information content (AvgIpc) is 3.01. The van der Waals surface area contributed by atoms with Gasteiger partial charge in [-0.05, 0) is 53.6 Å². The zero-order valence-corrected chi connectivity index (χ0v) is 22.3. The Hall–Kier alpha value is -5.84. The molecule has 216 valence electrons. The maximum Gasteiger partial charge on any atom is 0.343 e. The summed E-state index contributed by atoms with van der Waals surface area (Å²) in [5.74, 6) is -1.76. The van der Waals surface area contributed by atoms with Crippen molar-refractivity contribution < 1.29 is 52.3 Å². The molecule has 0 atom stereocenters. The van der Waals surface area contributed by atoms with Crippen LogP contribution in [-0.2, 0) is 28.6 Å². The molecule has 0 heterocycles. The Morgan fingerprint density at radius 1 is 0.548 bits per heavy atom. The molecular weight excluding hydrogens is 548 g/mol. The van der Waals surface area contributed by atoms with Crippen LogP contribution in [0, 0.1) is 0 Å². The molecule has 0 spiro atoms. The second kappa shape index (κ2) is 15.7. The van der Waals surface area contributed by atoms with E-state index in [0.29, 0.717) is 5.75 Å². The molecule has 0 aliphatic heterocycles. The fourth-order valence-electron chi connectivity index (χ4n) is 3.13. The lowest BCUT2D eigenvalue weighted by Gasteiger charge is -2.14. The lowest BCUT2D eigenvalue weighted by atomic mass is 10.1. The van der Waals surface area contributed by atoms with Crippen LogP contribution in [0.2, 0.25) is 0 Å². The van der Waals surface area contributed by atoms with E-state index in [1.54, 1.807) is 36.4 Å². The largest absolute Gasteiger partial charge is 0.457 e. The summed E-state index contributed by atoms with van der Waals surface area (Å²) in [6.07, 6.45) is 2.98. The van der Waals surface area contributed by atoms with Crippen molar-refractivity contribution in [2.75, 3.05) is 20.4 Å². The lowest BCUT2D eigenvalue weighted by molar-refractivity contribution is -0.146. The van der Waals surface area contributed by atoms with Crippen LogP contribution in [0.5, 0.6) is 23.0 Å². The number of ether oxygens (including phenoxy) is 7. The molecule has 0 aliphatic rings. The van der Waals surface area contributed by atoms with Gasteiger partial charge in [0, 0.05) is 18.2 Å². The standard InChI is InChI=1S/C31H26O11/c1-4-28(32)39-18-36-24-12-7-21(8-13-24)22-9-14-25(15-10-22)42-31(35)23-11-16-26(37-19-40-29(33)5-2)27(17-23)38-20-41-30(34)6-3/h4-17H,1-3,18-20H2. The van der Waals surface area contributed by atoms with E-state index >= 15 is 0 Å². The predicted octanol–water partition coefficient (Wildman–Crippen LogP) is 4.77. The number of esters is 4. The molecule has 3 rings (SSSR count). The highest BCUT2D eigenvalue weighted by Gasteiger charge is 2.15. The van der Waals surface area contributed by atoms with E-state index in [9.17, 15) is 19.2 Å². The Morgan fingerprint density at radius 3 is 1.50 bits per heavy atom. The molecule has 0 saturated carbocycles. The van der Waals surface area contributed by atoms with Gasteiger partial charge in [-0.15, -0.1) is 0 Å². The van der Waals surface area contributed by atoms with Gasteiger partial charge in [0.25, 0.3) is 0 Å². The lowest BCUT2D eigenvalue weighted by Crippen LogP contribution is -2.13. The summed E-state index contributed by atoms with van der Waals surface area (Å²) in [5, 5.41) is 0. The molecule has 0 fully saturated rings. The van der Waals surface area contributed by atoms with Gasteiger partial charge < -0.3 is 33.2 Å². The first-order valence-corrected chi connectivity index (χ1v) is 12.2. The molecular formula is C31H26O11. The Morgan fingerprint density at radius 2 is 1.00 bits per heavy atom. The minimum atomic E-state index is -0.716. The number of carbonyl (C=O) groups excluding carboxylic acids is 4. The first-order chi connectivity index (χ1) is 20.3. The van der Waals surface area contributed by atoms with Gasteiger partial charge in [-0.3, -0.25) is 0 Å². The quantitative estimate of drug-likeness (QED) is 0.0817. The molecule has 42 heavy (non-hydrogen) atoms. The van der Waals surface area contributed by atoms with Crippen molar-refractivity contribution in [3.05, 3.63) is 110 Å². The zero-order valence-electron chi connectivity index (χ0n) is 22.3. The van der Waals surface area contributed by atoms with Gasteiger partial charge in [0.1, 0.15) is 11.5 Å². The topological polar surface area (TPSA) is 133 Å². The molecule has 3 aromatic carbocycles. The monoisotopic (exact) mass is 574 g/mol. The van der Waals surface area contributed by atoms with E-state index in [-0.39, 0.29) is 29.6 Å². The van der Waals surface area contributed by atoms with E-state index < -0.39 is 37.5 Å². The van der Waals surface area contributed by atoms with Crippen LogP contribution in [-0.4, -0.2) is 44.3 Å². The number of rotatable bonds is 15. The summed E-state index contributed by atoms with van der Waals surface area (Å²) in [6, 6.07) is 18.0. The fraction of sp³-hybridized carbons (Fsp3) is 0.0968. The van der Waals surface area contributed by atoms with Crippen molar-refractivity contribution in [2.45, 2.75) is 0 Å². The summed E-state index contributed by atoms with van der Waals surface area (Å²) in [7, 11) is 0. The summed E-state index contributed by atoms with van der Waals surface area (Å²) in [5.41, 5.74) is 1.83. The predicted molar refractivity (Wildman–Crippen MR) is 149 cm³/mol. The number of benzene rings is 3. The van der Waals surface area contributed by atoms with E-state index in [4.69, 9.17) is 33.2 Å². The van der Waals surface area contributed by atoms with Gasteiger partial charge >= 0.3 is 23.9 Å². The van der Waals surface area contributed by atoms with Crippen LogP contribution in [0.1, 0.15) is 10.4 Å². The van der Waals surface area contributed by atoms with Gasteiger partial charge in [0.05, 0.1) is 5.56 Å². The normalized spacial score (nSPS) is 9.90. The Balaban J connectivity index is 1.64. The zero-order chi connectivity index (χ0) is 30.3. The number of carbonyl (C=O) groups is 4. The van der Waals surface area contributed by atoms with E-state index in [0.717, 1.165) is 29.4 Å². The van der Waals surface area contributed by atoms with Crippen molar-refractivity contribution in [3.63, 3.8) is 0 Å². The summed E-state index contributed by atoms with van der Waals surface area (Å²) >= 11 is 0. The van der Waals surface area contributed by atoms with E-state index in [1.807, 2.05) is 12.1 Å². The SMILES string of the molecule is C=CC(=O)OCOc1ccc(-c2ccc(OC(=O)c3ccc(OCOC(=O)C=C)c(OCOC(=O)C=C)c3)cc2)cc1. The summed E-state index contributed by atoms with van der Waals surface area (Å²) in [6.45, 7) is 8.71. The third kappa shape index (κ3) is 9.42. The maximum atomic E-state index is 12.8. The third-order valence-corrected chi connectivity index (χ3v) is 5.19. The van der Waals surface area contributed by atoms with E-state index in [2.05, 4.69) is 19.7 Å². The molecule has 0 N–H and O–H groups in total. The minimum absolute atomic E-state index is 0.0256. The van der Waals surface area contributed by atoms with Crippen LogP contribution in [0.4, 0.5) is 0 Å². The highest BCUT2D eigenvalue weighted by atomic mass is 16.7. The molecule has 0 amide bonds. The Kier molecular flexibility index (Phi) is 11.5. The van der Waals surface area contributed by atoms with Crippen LogP contribution in [0.15, 0.2) is 105 Å². The van der Waals surface area contributed by atoms with Crippen molar-refractivity contribution in [3.8, 4) is 34.1 Å². The van der Waals surface area contributed by atoms with E-state index in [1.165, 1.54) is 18.2 Å². The highest BCUT2D eigenvalue weighted by Crippen LogP contribution is 2.30. The van der Waals surface area contributed by atoms with Gasteiger partial charge in [0.15, 0.2) is 11.5 Å². The van der Waals surface area contributed by atoms with Crippen molar-refractivity contribution in [1.82, 2.24) is 0 Å². The van der Waals surface area contributed by atoms with Crippen molar-refractivity contribution >= 4 is 23.9 Å². The van der Waals surface area contributed by atoms with Crippen LogP contribution < -0.4 is 18.9 Å². The molecule has 3 aromatic rings. The van der Waals surface area contributed by atoms with Gasteiger partial charge in [0.2, 0.25) is 20.4 Å². The molecule has 11 nitrogen and oxygen atoms in total. The van der Waals surface area contributed by atoms with Gasteiger partial charge in [-0.25, -0.2) is 19.2 Å². The second-order valence-electron chi connectivity index (χ2n) is 7.89. The third-order valence-electron chi connectivity index (χ3n) is 5.19. The first-order valence-electron chi connectivity index (χ1n) is 12.2. The smallest absolute Gasteiger partial charge is 0.343 e. The Bertz CT molecular complexity index is 1440. The number of hydrogen-bond acceptors (Lipinski definition) is 11. The molecule has 0 aromatic heterocycles.